The van der Waals surface area contributed by atoms with Crippen LogP contribution < -0.4 is 26.0 Å². The second-order valence-corrected chi connectivity index (χ2v) is 6.77. The molecule has 11 nitrogen and oxygen atoms in total. The predicted octanol–water partition coefficient (Wildman–Crippen LogP) is 0.258. The van der Waals surface area contributed by atoms with Gasteiger partial charge in [0.1, 0.15) is 17.2 Å². The quantitative estimate of drug-likeness (QED) is 0.430. The van der Waals surface area contributed by atoms with E-state index in [9.17, 15) is 9.90 Å². The highest BCUT2D eigenvalue weighted by Crippen LogP contribution is 2.23. The molecule has 1 aliphatic carbocycles. The smallest absolute Gasteiger partial charge is 0.327 e. The molecule has 152 valence electrons. The number of nitrogens with one attached hydrogen (secondary N) is 2. The van der Waals surface area contributed by atoms with Crippen molar-refractivity contribution >= 4 is 11.7 Å². The number of hydrogen-bond donors (Lipinski definition) is 3. The Kier molecular flexibility index (Phi) is 4.20. The molecular formula is C19H17N7O4. The number of aromatic hydroxyl groups is 1. The van der Waals surface area contributed by atoms with Gasteiger partial charge in [0, 0.05) is 5.22 Å². The van der Waals surface area contributed by atoms with Gasteiger partial charge in [-0.3, -0.25) is 4.98 Å². The summed E-state index contributed by atoms with van der Waals surface area (Å²) in [5.74, 6) is 0.970. The fraction of sp³-hybridized carbons (Fsp3) is 0.211. The van der Waals surface area contributed by atoms with Crippen LogP contribution in [0.1, 0.15) is 18.5 Å². The van der Waals surface area contributed by atoms with Crippen molar-refractivity contribution < 1.29 is 14.6 Å². The third kappa shape index (κ3) is 3.48. The minimum Gasteiger partial charge on any atom is -0.497 e. The second-order valence-electron chi connectivity index (χ2n) is 6.77. The molecule has 1 aliphatic rings. The van der Waals surface area contributed by atoms with Crippen molar-refractivity contribution in [1.29, 1.82) is 0 Å². The Hall–Kier alpha value is -4.15. The first-order chi connectivity index (χ1) is 14.6. The van der Waals surface area contributed by atoms with E-state index in [2.05, 4.69) is 30.0 Å². The highest BCUT2D eigenvalue weighted by atomic mass is 16.5. The maximum atomic E-state index is 11.4. The number of aromatic nitrogens is 6. The van der Waals surface area contributed by atoms with Gasteiger partial charge >= 0.3 is 11.7 Å². The largest absolute Gasteiger partial charge is 0.497 e. The van der Waals surface area contributed by atoms with E-state index >= 15 is 0 Å². The SMILES string of the molecule is COc1ccc(Oc2nc(=NC3CC3)n3nc/c(=C/c4[nH]c(=O)[nH]c4O)c3n2)cc1. The average Bonchev–Trinajstić information content (AvgIpc) is 3.37. The van der Waals surface area contributed by atoms with Crippen molar-refractivity contribution in [3.8, 4) is 23.4 Å². The van der Waals surface area contributed by atoms with Crippen LogP contribution in [0.4, 0.5) is 0 Å². The van der Waals surface area contributed by atoms with E-state index in [1.165, 1.54) is 4.52 Å². The summed E-state index contributed by atoms with van der Waals surface area (Å²) in [5.41, 5.74) is 0.497. The zero-order chi connectivity index (χ0) is 20.7. The fourth-order valence-electron chi connectivity index (χ4n) is 2.86. The van der Waals surface area contributed by atoms with E-state index in [1.807, 2.05) is 0 Å². The number of nitrogens with zero attached hydrogens (tertiary/aromatic N) is 5. The van der Waals surface area contributed by atoms with E-state index in [1.54, 1.807) is 43.6 Å². The van der Waals surface area contributed by atoms with Gasteiger partial charge in [0.25, 0.3) is 5.62 Å². The summed E-state index contributed by atoms with van der Waals surface area (Å²) < 4.78 is 12.5. The van der Waals surface area contributed by atoms with Crippen LogP contribution in [-0.2, 0) is 0 Å². The molecule has 3 N–H and O–H groups in total. The number of rotatable bonds is 5. The van der Waals surface area contributed by atoms with Gasteiger partial charge in [-0.1, -0.05) is 0 Å². The molecule has 0 aliphatic heterocycles. The van der Waals surface area contributed by atoms with Gasteiger partial charge in [0.2, 0.25) is 5.88 Å². The lowest BCUT2D eigenvalue weighted by Crippen LogP contribution is -2.23. The Balaban J connectivity index is 1.64. The Morgan fingerprint density at radius 1 is 1.20 bits per heavy atom. The maximum absolute atomic E-state index is 11.4. The topological polar surface area (TPSA) is 143 Å². The molecule has 0 spiro atoms. The molecule has 3 heterocycles. The fourth-order valence-corrected chi connectivity index (χ4v) is 2.86. The van der Waals surface area contributed by atoms with E-state index in [4.69, 9.17) is 9.47 Å². The molecule has 0 radical (unpaired) electrons. The first kappa shape index (κ1) is 17.9. The van der Waals surface area contributed by atoms with Crippen LogP contribution in [0.25, 0.3) is 11.7 Å². The first-order valence-electron chi connectivity index (χ1n) is 9.23. The van der Waals surface area contributed by atoms with Crippen LogP contribution in [0, 0.1) is 0 Å². The second kappa shape index (κ2) is 7.03. The van der Waals surface area contributed by atoms with Crippen LogP contribution in [0.15, 0.2) is 40.2 Å². The molecule has 0 unspecified atom stereocenters. The minimum absolute atomic E-state index is 0.106. The van der Waals surface area contributed by atoms with Gasteiger partial charge < -0.3 is 19.6 Å². The van der Waals surface area contributed by atoms with Crippen LogP contribution in [0.5, 0.6) is 23.4 Å². The van der Waals surface area contributed by atoms with E-state index in [-0.39, 0.29) is 23.6 Å². The Labute approximate surface area is 168 Å². The van der Waals surface area contributed by atoms with Crippen molar-refractivity contribution in [2.45, 2.75) is 18.9 Å². The molecule has 5 rings (SSSR count). The molecule has 0 amide bonds. The summed E-state index contributed by atoms with van der Waals surface area (Å²) in [4.78, 5) is 29.6. The lowest BCUT2D eigenvalue weighted by Gasteiger charge is -2.05. The molecule has 1 aromatic carbocycles. The van der Waals surface area contributed by atoms with E-state index in [0.29, 0.717) is 28.0 Å². The first-order valence-corrected chi connectivity index (χ1v) is 9.23. The number of H-pyrrole nitrogens is 2. The summed E-state index contributed by atoms with van der Waals surface area (Å²) in [6.07, 6.45) is 5.11. The summed E-state index contributed by atoms with van der Waals surface area (Å²) in [7, 11) is 1.59. The van der Waals surface area contributed by atoms with Crippen molar-refractivity contribution in [2.75, 3.05) is 7.11 Å². The summed E-state index contributed by atoms with van der Waals surface area (Å²) in [6.45, 7) is 0. The van der Waals surface area contributed by atoms with Gasteiger partial charge in [-0.2, -0.15) is 19.6 Å². The molecule has 1 fully saturated rings. The molecule has 4 aromatic rings. The van der Waals surface area contributed by atoms with Crippen molar-refractivity contribution in [2.24, 2.45) is 4.99 Å². The van der Waals surface area contributed by atoms with Gasteiger partial charge in [0.15, 0.2) is 5.65 Å². The van der Waals surface area contributed by atoms with E-state index in [0.717, 1.165) is 12.8 Å². The average molecular weight is 407 g/mol. The van der Waals surface area contributed by atoms with Crippen LogP contribution in [-0.4, -0.2) is 47.8 Å². The molecule has 0 saturated heterocycles. The number of aromatic amines is 2. The molecule has 1 saturated carbocycles. The molecule has 3 aromatic heterocycles. The van der Waals surface area contributed by atoms with Gasteiger partial charge in [-0.25, -0.2) is 9.79 Å². The number of hydrogen-bond acceptors (Lipinski definition) is 8. The lowest BCUT2D eigenvalue weighted by molar-refractivity contribution is 0.410. The molecule has 0 atom stereocenters. The highest BCUT2D eigenvalue weighted by Gasteiger charge is 2.21. The third-order valence-electron chi connectivity index (χ3n) is 4.51. The summed E-state index contributed by atoms with van der Waals surface area (Å²) in [5, 5.41) is 14.7. The number of ether oxygens (including phenoxy) is 2. The molecule has 30 heavy (non-hydrogen) atoms. The van der Waals surface area contributed by atoms with E-state index < -0.39 is 5.69 Å². The number of fused-ring (bicyclic) bond motifs is 1. The van der Waals surface area contributed by atoms with Gasteiger partial charge in [0.05, 0.1) is 19.3 Å². The molecular weight excluding hydrogens is 390 g/mol. The Bertz CT molecular complexity index is 1400. The molecule has 11 heteroatoms. The summed E-state index contributed by atoms with van der Waals surface area (Å²) in [6, 6.07) is 7.35. The van der Waals surface area contributed by atoms with Crippen LogP contribution in [0.3, 0.4) is 0 Å². The summed E-state index contributed by atoms with van der Waals surface area (Å²) >= 11 is 0. The van der Waals surface area contributed by atoms with Crippen LogP contribution >= 0.6 is 0 Å². The minimum atomic E-state index is -0.516. The number of imidazole rings is 1. The normalized spacial score (nSPS) is 15.1. The standard InChI is InChI=1S/C19H17N7O4/c1-29-12-4-6-13(7-5-12)30-19-23-15-10(8-14-16(27)24-18(28)22-14)9-20-26(15)17(25-19)21-11-2-3-11/h4-9,11,27H,2-3H2,1H3,(H2,22,24,28)/b10-8-,21-17?. The Morgan fingerprint density at radius 3 is 2.63 bits per heavy atom. The lowest BCUT2D eigenvalue weighted by atomic mass is 10.3. The number of methoxy groups -OCH3 is 1. The highest BCUT2D eigenvalue weighted by molar-refractivity contribution is 5.56. The van der Waals surface area contributed by atoms with Crippen molar-refractivity contribution in [1.82, 2.24) is 29.5 Å². The maximum Gasteiger partial charge on any atom is 0.327 e. The Morgan fingerprint density at radius 2 is 1.97 bits per heavy atom. The van der Waals surface area contributed by atoms with Crippen LogP contribution in [0.2, 0.25) is 0 Å². The number of benzene rings is 1. The predicted molar refractivity (Wildman–Crippen MR) is 104 cm³/mol. The van der Waals surface area contributed by atoms with Crippen molar-refractivity contribution in [3.05, 3.63) is 57.5 Å². The van der Waals surface area contributed by atoms with Crippen molar-refractivity contribution in [3.63, 3.8) is 0 Å². The monoisotopic (exact) mass is 407 g/mol. The van der Waals surface area contributed by atoms with Gasteiger partial charge in [-0.15, -0.1) is 0 Å². The van der Waals surface area contributed by atoms with Gasteiger partial charge in [-0.05, 0) is 43.2 Å². The zero-order valence-corrected chi connectivity index (χ0v) is 15.9. The zero-order valence-electron chi connectivity index (χ0n) is 15.9. The third-order valence-corrected chi connectivity index (χ3v) is 4.51. The molecule has 0 bridgehead atoms.